The summed E-state index contributed by atoms with van der Waals surface area (Å²) in [4.78, 5) is 44.5. The molecule has 0 N–H and O–H groups in total. The molecule has 1 saturated heterocycles. The highest BCUT2D eigenvalue weighted by atomic mass is 16.2. The smallest absolute Gasteiger partial charge is 0.253 e. The molecule has 4 rings (SSSR count). The molecule has 6 nitrogen and oxygen atoms in total. The Morgan fingerprint density at radius 2 is 1.52 bits per heavy atom. The number of nitrogens with zero attached hydrogens (tertiary/aromatic N) is 3. The topological polar surface area (TPSA) is 70.6 Å². The Morgan fingerprint density at radius 3 is 2.23 bits per heavy atom. The van der Waals surface area contributed by atoms with Gasteiger partial charge in [0, 0.05) is 44.1 Å². The molecule has 31 heavy (non-hydrogen) atoms. The number of para-hydroxylation sites is 1. The SMILES string of the molecule is CC(=O)N1CCN(C(=O)c2ccc(C=CC(=O)c3ccc4ccccc4n3)cc2)CC1. The van der Waals surface area contributed by atoms with Gasteiger partial charge in [-0.25, -0.2) is 4.98 Å². The molecule has 3 aromatic rings. The maximum Gasteiger partial charge on any atom is 0.253 e. The monoisotopic (exact) mass is 413 g/mol. The first kappa shape index (κ1) is 20.5. The van der Waals surface area contributed by atoms with Gasteiger partial charge in [-0.2, -0.15) is 0 Å². The Labute approximate surface area is 180 Å². The van der Waals surface area contributed by atoms with Gasteiger partial charge in [0.05, 0.1) is 5.52 Å². The molecule has 0 atom stereocenters. The van der Waals surface area contributed by atoms with Crippen LogP contribution in [0, 0.1) is 0 Å². The summed E-state index contributed by atoms with van der Waals surface area (Å²) in [6.45, 7) is 3.74. The van der Waals surface area contributed by atoms with E-state index in [2.05, 4.69) is 4.98 Å². The third-order valence-corrected chi connectivity index (χ3v) is 5.45. The second-order valence-corrected chi connectivity index (χ2v) is 7.51. The molecule has 1 fully saturated rings. The average Bonchev–Trinajstić information content (AvgIpc) is 2.82. The maximum absolute atomic E-state index is 12.7. The first-order valence-corrected chi connectivity index (χ1v) is 10.2. The van der Waals surface area contributed by atoms with Gasteiger partial charge in [-0.1, -0.05) is 42.5 Å². The zero-order valence-electron chi connectivity index (χ0n) is 17.3. The lowest BCUT2D eigenvalue weighted by Crippen LogP contribution is -2.50. The number of benzene rings is 2. The van der Waals surface area contributed by atoms with E-state index in [9.17, 15) is 14.4 Å². The number of rotatable bonds is 4. The van der Waals surface area contributed by atoms with Crippen LogP contribution in [-0.2, 0) is 4.79 Å². The van der Waals surface area contributed by atoms with Crippen LogP contribution in [0.3, 0.4) is 0 Å². The highest BCUT2D eigenvalue weighted by molar-refractivity contribution is 6.06. The molecule has 0 unspecified atom stereocenters. The number of ketones is 1. The number of carbonyl (C=O) groups excluding carboxylic acids is 3. The van der Waals surface area contributed by atoms with Crippen molar-refractivity contribution in [3.8, 4) is 0 Å². The van der Waals surface area contributed by atoms with Crippen molar-refractivity contribution in [1.29, 1.82) is 0 Å². The largest absolute Gasteiger partial charge is 0.339 e. The minimum atomic E-state index is -0.172. The highest BCUT2D eigenvalue weighted by Gasteiger charge is 2.23. The number of fused-ring (bicyclic) bond motifs is 1. The van der Waals surface area contributed by atoms with Crippen LogP contribution in [0.2, 0.25) is 0 Å². The molecule has 6 heteroatoms. The fourth-order valence-electron chi connectivity index (χ4n) is 3.60. The first-order valence-electron chi connectivity index (χ1n) is 10.2. The fraction of sp³-hybridized carbons (Fsp3) is 0.200. The van der Waals surface area contributed by atoms with Gasteiger partial charge in [0.2, 0.25) is 11.7 Å². The first-order chi connectivity index (χ1) is 15.0. The van der Waals surface area contributed by atoms with Gasteiger partial charge in [0.15, 0.2) is 0 Å². The number of aromatic nitrogens is 1. The number of hydrogen-bond donors (Lipinski definition) is 0. The predicted molar refractivity (Wildman–Crippen MR) is 120 cm³/mol. The molecular weight excluding hydrogens is 390 g/mol. The summed E-state index contributed by atoms with van der Waals surface area (Å²) in [6, 6.07) is 18.4. The van der Waals surface area contributed by atoms with E-state index in [-0.39, 0.29) is 17.6 Å². The molecule has 2 heterocycles. The Hall–Kier alpha value is -3.80. The van der Waals surface area contributed by atoms with E-state index >= 15 is 0 Å². The predicted octanol–water partition coefficient (Wildman–Crippen LogP) is 3.44. The zero-order valence-corrected chi connectivity index (χ0v) is 17.3. The molecular formula is C25H23N3O3. The van der Waals surface area contributed by atoms with Gasteiger partial charge in [0.25, 0.3) is 5.91 Å². The van der Waals surface area contributed by atoms with Crippen molar-refractivity contribution in [3.63, 3.8) is 0 Å². The molecule has 0 saturated carbocycles. The van der Waals surface area contributed by atoms with Crippen LogP contribution in [0.25, 0.3) is 17.0 Å². The third-order valence-electron chi connectivity index (χ3n) is 5.45. The van der Waals surface area contributed by atoms with Crippen molar-refractivity contribution in [1.82, 2.24) is 14.8 Å². The van der Waals surface area contributed by atoms with E-state index in [0.717, 1.165) is 16.5 Å². The number of piperazine rings is 1. The summed E-state index contributed by atoms with van der Waals surface area (Å²) in [5.41, 5.74) is 2.60. The van der Waals surface area contributed by atoms with Crippen LogP contribution < -0.4 is 0 Å². The molecule has 0 radical (unpaired) electrons. The van der Waals surface area contributed by atoms with Gasteiger partial charge in [-0.05, 0) is 35.9 Å². The van der Waals surface area contributed by atoms with Crippen molar-refractivity contribution >= 4 is 34.6 Å². The molecule has 0 aliphatic carbocycles. The van der Waals surface area contributed by atoms with Crippen LogP contribution in [0.4, 0.5) is 0 Å². The lowest BCUT2D eigenvalue weighted by atomic mass is 10.1. The van der Waals surface area contributed by atoms with E-state index in [0.29, 0.717) is 37.4 Å². The maximum atomic E-state index is 12.7. The van der Waals surface area contributed by atoms with Crippen LogP contribution in [0.5, 0.6) is 0 Å². The highest BCUT2D eigenvalue weighted by Crippen LogP contribution is 2.14. The number of pyridine rings is 1. The summed E-state index contributed by atoms with van der Waals surface area (Å²) < 4.78 is 0. The van der Waals surface area contributed by atoms with Gasteiger partial charge < -0.3 is 9.80 Å². The quantitative estimate of drug-likeness (QED) is 0.485. The van der Waals surface area contributed by atoms with Crippen molar-refractivity contribution in [2.75, 3.05) is 26.2 Å². The number of hydrogen-bond acceptors (Lipinski definition) is 4. The van der Waals surface area contributed by atoms with E-state index in [1.54, 1.807) is 41.0 Å². The summed E-state index contributed by atoms with van der Waals surface area (Å²) in [7, 11) is 0. The van der Waals surface area contributed by atoms with Gasteiger partial charge in [0.1, 0.15) is 5.69 Å². The third kappa shape index (κ3) is 4.69. The van der Waals surface area contributed by atoms with E-state index in [1.165, 1.54) is 6.08 Å². The molecule has 0 spiro atoms. The van der Waals surface area contributed by atoms with Crippen LogP contribution in [0.15, 0.2) is 66.7 Å². The Balaban J connectivity index is 1.39. The fourth-order valence-corrected chi connectivity index (χ4v) is 3.60. The minimum Gasteiger partial charge on any atom is -0.339 e. The Morgan fingerprint density at radius 1 is 0.839 bits per heavy atom. The second kappa shape index (κ2) is 8.92. The molecule has 2 aromatic carbocycles. The normalized spacial score (nSPS) is 14.2. The van der Waals surface area contributed by atoms with Crippen LogP contribution in [-0.4, -0.2) is 58.6 Å². The van der Waals surface area contributed by atoms with Crippen molar-refractivity contribution in [2.45, 2.75) is 6.92 Å². The summed E-state index contributed by atoms with van der Waals surface area (Å²) in [6.07, 6.45) is 3.22. The van der Waals surface area contributed by atoms with Crippen molar-refractivity contribution in [3.05, 3.63) is 83.6 Å². The molecule has 2 amide bonds. The summed E-state index contributed by atoms with van der Waals surface area (Å²) in [5, 5.41) is 0.992. The number of amides is 2. The molecule has 1 aliphatic heterocycles. The lowest BCUT2D eigenvalue weighted by Gasteiger charge is -2.34. The summed E-state index contributed by atoms with van der Waals surface area (Å²) >= 11 is 0. The lowest BCUT2D eigenvalue weighted by molar-refractivity contribution is -0.130. The van der Waals surface area contributed by atoms with Gasteiger partial charge in [-0.15, -0.1) is 0 Å². The van der Waals surface area contributed by atoms with E-state index in [4.69, 9.17) is 0 Å². The van der Waals surface area contributed by atoms with Crippen LogP contribution >= 0.6 is 0 Å². The standard InChI is InChI=1S/C25H23N3O3/c1-18(29)27-14-16-28(17-15-27)25(31)21-9-6-19(7-10-21)8-13-24(30)23-12-11-20-4-2-3-5-22(20)26-23/h2-13H,14-17H2,1H3. The second-order valence-electron chi connectivity index (χ2n) is 7.51. The number of carbonyl (C=O) groups is 3. The molecule has 1 aromatic heterocycles. The molecule has 0 bridgehead atoms. The van der Waals surface area contributed by atoms with E-state index in [1.807, 2.05) is 42.5 Å². The van der Waals surface area contributed by atoms with Crippen molar-refractivity contribution < 1.29 is 14.4 Å². The van der Waals surface area contributed by atoms with Gasteiger partial charge in [-0.3, -0.25) is 14.4 Å². The zero-order chi connectivity index (χ0) is 21.8. The minimum absolute atomic E-state index is 0.0386. The van der Waals surface area contributed by atoms with Crippen molar-refractivity contribution in [2.24, 2.45) is 0 Å². The van der Waals surface area contributed by atoms with Crippen LogP contribution in [0.1, 0.15) is 33.3 Å². The van der Waals surface area contributed by atoms with Gasteiger partial charge >= 0.3 is 0 Å². The molecule has 156 valence electrons. The average molecular weight is 413 g/mol. The Kier molecular flexibility index (Phi) is 5.89. The number of allylic oxidation sites excluding steroid dienone is 1. The Bertz CT molecular complexity index is 1160. The summed E-state index contributed by atoms with van der Waals surface area (Å²) in [5.74, 6) is -0.180. The van der Waals surface area contributed by atoms with E-state index < -0.39 is 0 Å². The molecule has 1 aliphatic rings.